The summed E-state index contributed by atoms with van der Waals surface area (Å²) in [5.74, 6) is 1.85. The van der Waals surface area contributed by atoms with Gasteiger partial charge in [-0.05, 0) is 25.0 Å². The van der Waals surface area contributed by atoms with E-state index in [1.807, 2.05) is 12.3 Å². The van der Waals surface area contributed by atoms with Gasteiger partial charge in [-0.15, -0.1) is 0 Å². The minimum Gasteiger partial charge on any atom is -0.396 e. The molecular formula is C11H18N4OS. The summed E-state index contributed by atoms with van der Waals surface area (Å²) in [5, 5.41) is 9.82. The van der Waals surface area contributed by atoms with Gasteiger partial charge in [0.2, 0.25) is 0 Å². The number of hydrogen-bond donors (Lipinski definition) is 2. The number of piperidine rings is 1. The Bertz CT molecular complexity index is 380. The van der Waals surface area contributed by atoms with Gasteiger partial charge in [0.1, 0.15) is 11.6 Å². The third kappa shape index (κ3) is 3.01. The number of nitrogens with zero attached hydrogens (tertiary/aromatic N) is 3. The summed E-state index contributed by atoms with van der Waals surface area (Å²) < 4.78 is 0. The minimum atomic E-state index is 0.288. The van der Waals surface area contributed by atoms with Crippen molar-refractivity contribution in [2.75, 3.05) is 36.6 Å². The summed E-state index contributed by atoms with van der Waals surface area (Å²) in [6, 6.07) is 1.82. The number of hydrogen-bond acceptors (Lipinski definition) is 6. The summed E-state index contributed by atoms with van der Waals surface area (Å²) in [5.41, 5.74) is 5.76. The number of nitrogens with two attached hydrogens (primary N) is 1. The Labute approximate surface area is 105 Å². The zero-order chi connectivity index (χ0) is 12.3. The predicted octanol–water partition coefficient (Wildman–Crippen LogP) is 0.989. The Morgan fingerprint density at radius 1 is 1.47 bits per heavy atom. The van der Waals surface area contributed by atoms with Crippen molar-refractivity contribution in [2.45, 2.75) is 18.0 Å². The number of aliphatic hydroxyl groups is 1. The average Bonchev–Trinajstić information content (AvgIpc) is 2.38. The lowest BCUT2D eigenvalue weighted by Crippen LogP contribution is -2.35. The van der Waals surface area contributed by atoms with Gasteiger partial charge in [0.25, 0.3) is 0 Å². The maximum Gasteiger partial charge on any atom is 0.191 e. The first-order valence-corrected chi connectivity index (χ1v) is 6.99. The predicted molar refractivity (Wildman–Crippen MR) is 70.2 cm³/mol. The van der Waals surface area contributed by atoms with Gasteiger partial charge >= 0.3 is 0 Å². The molecule has 1 aliphatic heterocycles. The third-order valence-electron chi connectivity index (χ3n) is 3.09. The highest BCUT2D eigenvalue weighted by Crippen LogP contribution is 2.24. The van der Waals surface area contributed by atoms with Gasteiger partial charge in [0.05, 0.1) is 0 Å². The molecule has 0 saturated carbocycles. The van der Waals surface area contributed by atoms with Gasteiger partial charge in [-0.1, -0.05) is 11.8 Å². The highest BCUT2D eigenvalue weighted by Gasteiger charge is 2.20. The van der Waals surface area contributed by atoms with Crippen molar-refractivity contribution >= 4 is 23.4 Å². The van der Waals surface area contributed by atoms with Crippen LogP contribution in [0.5, 0.6) is 0 Å². The Morgan fingerprint density at radius 2 is 2.18 bits per heavy atom. The van der Waals surface area contributed by atoms with Crippen LogP contribution in [-0.2, 0) is 0 Å². The van der Waals surface area contributed by atoms with E-state index in [4.69, 9.17) is 10.8 Å². The largest absolute Gasteiger partial charge is 0.396 e. The van der Waals surface area contributed by atoms with Crippen LogP contribution >= 0.6 is 11.8 Å². The molecule has 1 aliphatic rings. The zero-order valence-electron chi connectivity index (χ0n) is 9.96. The van der Waals surface area contributed by atoms with Gasteiger partial charge in [0.15, 0.2) is 5.16 Å². The molecule has 0 unspecified atom stereocenters. The lowest BCUT2D eigenvalue weighted by molar-refractivity contribution is 0.202. The molecule has 0 radical (unpaired) electrons. The van der Waals surface area contributed by atoms with E-state index >= 15 is 0 Å². The topological polar surface area (TPSA) is 75.3 Å². The fraction of sp³-hybridized carbons (Fsp3) is 0.636. The van der Waals surface area contributed by atoms with Gasteiger partial charge in [-0.25, -0.2) is 9.97 Å². The maximum absolute atomic E-state index is 9.11. The molecule has 1 aromatic rings. The lowest BCUT2D eigenvalue weighted by Gasteiger charge is -2.32. The van der Waals surface area contributed by atoms with E-state index in [2.05, 4.69) is 14.9 Å². The molecule has 0 aliphatic carbocycles. The molecule has 1 saturated heterocycles. The van der Waals surface area contributed by atoms with E-state index in [1.54, 1.807) is 0 Å². The van der Waals surface area contributed by atoms with Crippen molar-refractivity contribution in [1.29, 1.82) is 0 Å². The number of thioether (sulfide) groups is 1. The van der Waals surface area contributed by atoms with E-state index in [1.165, 1.54) is 11.8 Å². The number of rotatable bonds is 3. The van der Waals surface area contributed by atoms with Gasteiger partial charge in [-0.2, -0.15) is 0 Å². The molecule has 0 spiro atoms. The maximum atomic E-state index is 9.11. The van der Waals surface area contributed by atoms with Crippen molar-refractivity contribution in [3.8, 4) is 0 Å². The summed E-state index contributed by atoms with van der Waals surface area (Å²) in [4.78, 5) is 10.8. The van der Waals surface area contributed by atoms with Crippen molar-refractivity contribution in [1.82, 2.24) is 9.97 Å². The lowest BCUT2D eigenvalue weighted by atomic mass is 9.98. The first kappa shape index (κ1) is 12.4. The van der Waals surface area contributed by atoms with Crippen LogP contribution in [0.15, 0.2) is 11.2 Å². The van der Waals surface area contributed by atoms with Crippen LogP contribution in [0.25, 0.3) is 0 Å². The van der Waals surface area contributed by atoms with Crippen molar-refractivity contribution < 1.29 is 5.11 Å². The molecule has 1 fully saturated rings. The molecule has 0 amide bonds. The zero-order valence-corrected chi connectivity index (χ0v) is 10.8. The third-order valence-corrected chi connectivity index (χ3v) is 3.64. The normalized spacial score (nSPS) is 17.4. The number of aliphatic hydroxyl groups excluding tert-OH is 1. The molecule has 1 aromatic heterocycles. The van der Waals surface area contributed by atoms with Gasteiger partial charge < -0.3 is 15.7 Å². The van der Waals surface area contributed by atoms with E-state index in [0.717, 1.165) is 31.7 Å². The molecule has 17 heavy (non-hydrogen) atoms. The molecule has 5 nitrogen and oxygen atoms in total. The summed E-state index contributed by atoms with van der Waals surface area (Å²) in [6.07, 6.45) is 3.96. The fourth-order valence-electron chi connectivity index (χ4n) is 2.03. The average molecular weight is 254 g/mol. The number of aromatic nitrogens is 2. The Kier molecular flexibility index (Phi) is 4.06. The molecule has 3 N–H and O–H groups in total. The first-order chi connectivity index (χ1) is 8.22. The summed E-state index contributed by atoms with van der Waals surface area (Å²) in [6.45, 7) is 2.14. The van der Waals surface area contributed by atoms with Crippen molar-refractivity contribution in [2.24, 2.45) is 5.92 Å². The smallest absolute Gasteiger partial charge is 0.191 e. The molecule has 94 valence electrons. The van der Waals surface area contributed by atoms with Crippen molar-refractivity contribution in [3.63, 3.8) is 0 Å². The van der Waals surface area contributed by atoms with Crippen LogP contribution in [0.1, 0.15) is 12.8 Å². The van der Waals surface area contributed by atoms with Crippen LogP contribution < -0.4 is 10.6 Å². The van der Waals surface area contributed by atoms with E-state index in [-0.39, 0.29) is 6.61 Å². The second-order valence-corrected chi connectivity index (χ2v) is 5.02. The quantitative estimate of drug-likeness (QED) is 0.619. The van der Waals surface area contributed by atoms with Crippen LogP contribution in [-0.4, -0.2) is 41.0 Å². The standard InChI is InChI=1S/C11H18N4OS/c1-17-11-13-9(12)6-10(14-11)15-4-2-8(7-16)3-5-15/h6,8,16H,2-5,7H2,1H3,(H2,12,13,14). The SMILES string of the molecule is CSc1nc(N)cc(N2CCC(CO)CC2)n1. The molecule has 6 heteroatoms. The number of anilines is 2. The van der Waals surface area contributed by atoms with E-state index < -0.39 is 0 Å². The Balaban J connectivity index is 2.10. The van der Waals surface area contributed by atoms with Crippen LogP contribution in [0, 0.1) is 5.92 Å². The molecule has 2 rings (SSSR count). The van der Waals surface area contributed by atoms with Crippen LogP contribution in [0.2, 0.25) is 0 Å². The molecule has 0 aromatic carbocycles. The fourth-order valence-corrected chi connectivity index (χ4v) is 2.41. The van der Waals surface area contributed by atoms with E-state index in [0.29, 0.717) is 16.9 Å². The first-order valence-electron chi connectivity index (χ1n) is 5.77. The molecule has 0 atom stereocenters. The van der Waals surface area contributed by atoms with Crippen LogP contribution in [0.3, 0.4) is 0 Å². The van der Waals surface area contributed by atoms with E-state index in [9.17, 15) is 0 Å². The minimum absolute atomic E-state index is 0.288. The van der Waals surface area contributed by atoms with Gasteiger partial charge in [-0.3, -0.25) is 0 Å². The molecule has 2 heterocycles. The summed E-state index contributed by atoms with van der Waals surface area (Å²) >= 11 is 1.50. The number of nitrogen functional groups attached to an aromatic ring is 1. The Morgan fingerprint density at radius 3 is 2.76 bits per heavy atom. The second-order valence-electron chi connectivity index (χ2n) is 4.25. The summed E-state index contributed by atoms with van der Waals surface area (Å²) in [7, 11) is 0. The molecular weight excluding hydrogens is 236 g/mol. The van der Waals surface area contributed by atoms with Crippen LogP contribution in [0.4, 0.5) is 11.6 Å². The highest BCUT2D eigenvalue weighted by molar-refractivity contribution is 7.98. The Hall–Kier alpha value is -1.01. The van der Waals surface area contributed by atoms with Crippen molar-refractivity contribution in [3.05, 3.63) is 6.07 Å². The monoisotopic (exact) mass is 254 g/mol. The highest BCUT2D eigenvalue weighted by atomic mass is 32.2. The molecule has 0 bridgehead atoms. The second kappa shape index (κ2) is 5.55. The van der Waals surface area contributed by atoms with Gasteiger partial charge in [0, 0.05) is 25.8 Å².